The Hall–Kier alpha value is -2.86. The van der Waals surface area contributed by atoms with E-state index in [-0.39, 0.29) is 12.5 Å². The monoisotopic (exact) mass is 367 g/mol. The molecule has 1 atom stereocenters. The van der Waals surface area contributed by atoms with Crippen molar-refractivity contribution >= 4 is 12.0 Å². The molecule has 0 radical (unpaired) electrons. The SMILES string of the molecule is O=C([O-])[C@H](Cc1ccccc1)NC(=O)N1CC[NH+](Cc2ccccc2)CC1. The van der Waals surface area contributed by atoms with Gasteiger partial charge in [-0.1, -0.05) is 60.7 Å². The van der Waals surface area contributed by atoms with Crippen molar-refractivity contribution in [3.63, 3.8) is 0 Å². The Balaban J connectivity index is 1.49. The molecule has 0 aromatic heterocycles. The van der Waals surface area contributed by atoms with E-state index in [9.17, 15) is 14.7 Å². The number of carbonyl (C=O) groups excluding carboxylic acids is 2. The van der Waals surface area contributed by atoms with Crippen LogP contribution in [0.1, 0.15) is 11.1 Å². The maximum atomic E-state index is 12.5. The topological polar surface area (TPSA) is 76.9 Å². The fourth-order valence-corrected chi connectivity index (χ4v) is 3.37. The first-order valence-electron chi connectivity index (χ1n) is 9.29. The number of carbonyl (C=O) groups is 2. The molecule has 1 heterocycles. The van der Waals surface area contributed by atoms with Gasteiger partial charge >= 0.3 is 6.03 Å². The average molecular weight is 367 g/mol. The van der Waals surface area contributed by atoms with Crippen LogP contribution in [0.4, 0.5) is 4.79 Å². The number of quaternary nitrogens is 1. The van der Waals surface area contributed by atoms with Gasteiger partial charge in [-0.15, -0.1) is 0 Å². The summed E-state index contributed by atoms with van der Waals surface area (Å²) in [6.07, 6.45) is 0.216. The first-order valence-corrected chi connectivity index (χ1v) is 9.29. The minimum Gasteiger partial charge on any atom is -0.548 e. The molecular formula is C21H25N3O3. The smallest absolute Gasteiger partial charge is 0.318 e. The summed E-state index contributed by atoms with van der Waals surface area (Å²) in [6.45, 7) is 3.85. The van der Waals surface area contributed by atoms with E-state index >= 15 is 0 Å². The molecule has 6 heteroatoms. The van der Waals surface area contributed by atoms with E-state index in [4.69, 9.17) is 0 Å². The second-order valence-electron chi connectivity index (χ2n) is 6.91. The second-order valence-corrected chi connectivity index (χ2v) is 6.91. The van der Waals surface area contributed by atoms with E-state index in [0.717, 1.165) is 25.2 Å². The minimum atomic E-state index is -1.26. The van der Waals surface area contributed by atoms with Crippen molar-refractivity contribution in [2.45, 2.75) is 19.0 Å². The van der Waals surface area contributed by atoms with Crippen LogP contribution in [-0.4, -0.2) is 49.1 Å². The Bertz CT molecular complexity index is 744. The molecule has 1 aliphatic heterocycles. The van der Waals surface area contributed by atoms with Crippen molar-refractivity contribution in [3.8, 4) is 0 Å². The van der Waals surface area contributed by atoms with Crippen LogP contribution in [0.15, 0.2) is 60.7 Å². The Morgan fingerprint density at radius 3 is 2.07 bits per heavy atom. The number of rotatable bonds is 6. The fourth-order valence-electron chi connectivity index (χ4n) is 3.37. The lowest BCUT2D eigenvalue weighted by molar-refractivity contribution is -0.917. The highest BCUT2D eigenvalue weighted by atomic mass is 16.4. The number of hydrogen-bond donors (Lipinski definition) is 2. The normalized spacial score (nSPS) is 15.9. The molecule has 2 aromatic carbocycles. The van der Waals surface area contributed by atoms with Crippen LogP contribution in [0.25, 0.3) is 0 Å². The first kappa shape index (κ1) is 18.9. The molecule has 3 rings (SSSR count). The first-order chi connectivity index (χ1) is 13.1. The summed E-state index contributed by atoms with van der Waals surface area (Å²) in [7, 11) is 0. The summed E-state index contributed by atoms with van der Waals surface area (Å²) in [5.74, 6) is -1.26. The summed E-state index contributed by atoms with van der Waals surface area (Å²) >= 11 is 0. The molecule has 1 fully saturated rings. The van der Waals surface area contributed by atoms with Gasteiger partial charge in [0.2, 0.25) is 0 Å². The molecule has 1 aliphatic rings. The number of amides is 2. The van der Waals surface area contributed by atoms with Gasteiger partial charge in [0, 0.05) is 5.56 Å². The van der Waals surface area contributed by atoms with Crippen molar-refractivity contribution in [1.82, 2.24) is 10.2 Å². The molecule has 2 N–H and O–H groups in total. The Morgan fingerprint density at radius 2 is 1.52 bits per heavy atom. The summed E-state index contributed by atoms with van der Waals surface area (Å²) in [5, 5.41) is 14.0. The molecule has 0 spiro atoms. The van der Waals surface area contributed by atoms with E-state index in [1.807, 2.05) is 48.5 Å². The quantitative estimate of drug-likeness (QED) is 0.720. The van der Waals surface area contributed by atoms with E-state index in [0.29, 0.717) is 13.1 Å². The zero-order chi connectivity index (χ0) is 19.1. The number of urea groups is 1. The van der Waals surface area contributed by atoms with E-state index in [2.05, 4.69) is 17.4 Å². The molecule has 27 heavy (non-hydrogen) atoms. The van der Waals surface area contributed by atoms with Gasteiger partial charge in [0.25, 0.3) is 0 Å². The Morgan fingerprint density at radius 1 is 0.963 bits per heavy atom. The van der Waals surface area contributed by atoms with Crippen LogP contribution < -0.4 is 15.3 Å². The number of benzene rings is 2. The van der Waals surface area contributed by atoms with Gasteiger partial charge in [-0.3, -0.25) is 0 Å². The predicted molar refractivity (Wildman–Crippen MR) is 99.9 cm³/mol. The number of nitrogens with one attached hydrogen (secondary N) is 2. The Kier molecular flexibility index (Phi) is 6.44. The van der Waals surface area contributed by atoms with Crippen LogP contribution in [0.5, 0.6) is 0 Å². The molecule has 0 unspecified atom stereocenters. The van der Waals surface area contributed by atoms with Gasteiger partial charge in [0.15, 0.2) is 0 Å². The van der Waals surface area contributed by atoms with Crippen LogP contribution in [0, 0.1) is 0 Å². The third-order valence-corrected chi connectivity index (χ3v) is 4.92. The average Bonchev–Trinajstić information content (AvgIpc) is 2.69. The molecule has 0 bridgehead atoms. The molecule has 6 nitrogen and oxygen atoms in total. The fraction of sp³-hybridized carbons (Fsp3) is 0.333. The number of hydrogen-bond acceptors (Lipinski definition) is 3. The van der Waals surface area contributed by atoms with E-state index < -0.39 is 12.0 Å². The largest absolute Gasteiger partial charge is 0.548 e. The maximum absolute atomic E-state index is 12.5. The lowest BCUT2D eigenvalue weighted by Crippen LogP contribution is -3.13. The second kappa shape index (κ2) is 9.19. The highest BCUT2D eigenvalue weighted by Crippen LogP contribution is 2.04. The van der Waals surface area contributed by atoms with E-state index in [1.54, 1.807) is 4.90 Å². The number of nitrogens with zero attached hydrogens (tertiary/aromatic N) is 1. The minimum absolute atomic E-state index is 0.216. The molecule has 0 aliphatic carbocycles. The third kappa shape index (κ3) is 5.56. The third-order valence-electron chi connectivity index (χ3n) is 4.92. The van der Waals surface area contributed by atoms with Gasteiger partial charge in [-0.2, -0.15) is 0 Å². The zero-order valence-corrected chi connectivity index (χ0v) is 15.3. The van der Waals surface area contributed by atoms with Gasteiger partial charge in [-0.25, -0.2) is 4.79 Å². The standard InChI is InChI=1S/C21H25N3O3/c25-20(26)19(15-17-7-3-1-4-8-17)22-21(27)24-13-11-23(12-14-24)16-18-9-5-2-6-10-18/h1-10,19H,11-16H2,(H,22,27)(H,25,26)/t19-/m0/s1. The summed E-state index contributed by atoms with van der Waals surface area (Å²) in [4.78, 5) is 27.0. The van der Waals surface area contributed by atoms with Gasteiger partial charge < -0.3 is 25.0 Å². The number of piperazine rings is 1. The number of carboxylic acids is 1. The van der Waals surface area contributed by atoms with Gasteiger partial charge in [0.05, 0.1) is 38.2 Å². The molecular weight excluding hydrogens is 342 g/mol. The maximum Gasteiger partial charge on any atom is 0.318 e. The van der Waals surface area contributed by atoms with Gasteiger partial charge in [-0.05, 0) is 12.0 Å². The van der Waals surface area contributed by atoms with E-state index in [1.165, 1.54) is 10.5 Å². The number of aliphatic carboxylic acids is 1. The predicted octanol–water partition coefficient (Wildman–Crippen LogP) is -0.542. The van der Waals surface area contributed by atoms with Crippen molar-refractivity contribution in [2.24, 2.45) is 0 Å². The highest BCUT2D eigenvalue weighted by Gasteiger charge is 2.25. The lowest BCUT2D eigenvalue weighted by atomic mass is 10.1. The van der Waals surface area contributed by atoms with Crippen LogP contribution in [0.3, 0.4) is 0 Å². The lowest BCUT2D eigenvalue weighted by Gasteiger charge is -2.33. The number of carboxylic acid groups (broad SMARTS) is 1. The van der Waals surface area contributed by atoms with Gasteiger partial charge in [0.1, 0.15) is 6.54 Å². The molecule has 1 saturated heterocycles. The summed E-state index contributed by atoms with van der Waals surface area (Å²) in [5.41, 5.74) is 2.13. The highest BCUT2D eigenvalue weighted by molar-refractivity contribution is 5.81. The molecule has 142 valence electrons. The van der Waals surface area contributed by atoms with Crippen LogP contribution >= 0.6 is 0 Å². The summed E-state index contributed by atoms with van der Waals surface area (Å²) in [6, 6.07) is 18.2. The van der Waals surface area contributed by atoms with Crippen molar-refractivity contribution in [3.05, 3.63) is 71.8 Å². The van der Waals surface area contributed by atoms with Crippen molar-refractivity contribution < 1.29 is 19.6 Å². The van der Waals surface area contributed by atoms with Crippen LogP contribution in [-0.2, 0) is 17.8 Å². The summed E-state index contributed by atoms with van der Waals surface area (Å²) < 4.78 is 0. The molecule has 2 amide bonds. The molecule has 2 aromatic rings. The van der Waals surface area contributed by atoms with Crippen molar-refractivity contribution in [1.29, 1.82) is 0 Å². The zero-order valence-electron chi connectivity index (χ0n) is 15.3. The molecule has 0 saturated carbocycles. The van der Waals surface area contributed by atoms with Crippen molar-refractivity contribution in [2.75, 3.05) is 26.2 Å². The Labute approximate surface area is 159 Å². The van der Waals surface area contributed by atoms with Crippen LogP contribution in [0.2, 0.25) is 0 Å².